The lowest BCUT2D eigenvalue weighted by Gasteiger charge is -2.31. The van der Waals surface area contributed by atoms with Gasteiger partial charge in [0.15, 0.2) is 0 Å². The fourth-order valence-corrected chi connectivity index (χ4v) is 2.04. The number of anilines is 1. The molecule has 18 heavy (non-hydrogen) atoms. The van der Waals surface area contributed by atoms with Crippen LogP contribution in [0.15, 0.2) is 18.2 Å². The fraction of sp³-hybridized carbons (Fsp3) is 0.571. The lowest BCUT2D eigenvalue weighted by molar-refractivity contribution is 0.199. The zero-order chi connectivity index (χ0) is 13.7. The maximum Gasteiger partial charge on any atom is 0.146 e. The molecule has 3 nitrogen and oxygen atoms in total. The molecule has 0 spiro atoms. The summed E-state index contributed by atoms with van der Waals surface area (Å²) in [6, 6.07) is 4.84. The Kier molecular flexibility index (Phi) is 5.56. The summed E-state index contributed by atoms with van der Waals surface area (Å²) in [5, 5.41) is 18.7. The van der Waals surface area contributed by atoms with Crippen LogP contribution >= 0.6 is 0 Å². The van der Waals surface area contributed by atoms with E-state index in [1.165, 1.54) is 6.07 Å². The Morgan fingerprint density at radius 3 is 2.44 bits per heavy atom. The van der Waals surface area contributed by atoms with Crippen molar-refractivity contribution in [1.82, 2.24) is 0 Å². The van der Waals surface area contributed by atoms with E-state index in [-0.39, 0.29) is 18.5 Å². The molecule has 0 amide bonds. The van der Waals surface area contributed by atoms with E-state index in [0.29, 0.717) is 24.2 Å². The number of rotatable bonds is 6. The molecule has 0 bridgehead atoms. The van der Waals surface area contributed by atoms with Crippen LogP contribution in [0.5, 0.6) is 0 Å². The topological polar surface area (TPSA) is 43.7 Å². The predicted molar refractivity (Wildman–Crippen MR) is 71.2 cm³/mol. The van der Waals surface area contributed by atoms with Crippen molar-refractivity contribution in [2.45, 2.75) is 39.3 Å². The van der Waals surface area contributed by atoms with E-state index in [4.69, 9.17) is 5.11 Å². The van der Waals surface area contributed by atoms with Crippen molar-refractivity contribution in [1.29, 1.82) is 0 Å². The Bertz CT molecular complexity index is 380. The molecule has 1 atom stereocenters. The van der Waals surface area contributed by atoms with Crippen molar-refractivity contribution in [3.8, 4) is 0 Å². The average Bonchev–Trinajstić information content (AvgIpc) is 2.30. The second-order valence-electron chi connectivity index (χ2n) is 4.72. The summed E-state index contributed by atoms with van der Waals surface area (Å²) in [6.45, 7) is 6.20. The van der Waals surface area contributed by atoms with Crippen LogP contribution < -0.4 is 4.90 Å². The highest BCUT2D eigenvalue weighted by molar-refractivity contribution is 5.56. The Hall–Kier alpha value is -1.13. The summed E-state index contributed by atoms with van der Waals surface area (Å²) >= 11 is 0. The Morgan fingerprint density at radius 1 is 1.28 bits per heavy atom. The van der Waals surface area contributed by atoms with Gasteiger partial charge < -0.3 is 15.1 Å². The van der Waals surface area contributed by atoms with E-state index in [1.807, 2.05) is 18.7 Å². The summed E-state index contributed by atoms with van der Waals surface area (Å²) in [5.41, 5.74) is 1.03. The molecule has 0 heterocycles. The smallest absolute Gasteiger partial charge is 0.146 e. The second kappa shape index (κ2) is 6.71. The van der Waals surface area contributed by atoms with Gasteiger partial charge in [-0.1, -0.05) is 12.1 Å². The minimum absolute atomic E-state index is 0.0711. The van der Waals surface area contributed by atoms with Gasteiger partial charge in [0, 0.05) is 24.8 Å². The highest BCUT2D eigenvalue weighted by Gasteiger charge is 2.20. The zero-order valence-corrected chi connectivity index (χ0v) is 11.2. The molecule has 0 radical (unpaired) electrons. The van der Waals surface area contributed by atoms with Gasteiger partial charge in [0.2, 0.25) is 0 Å². The number of aliphatic hydroxyl groups is 2. The summed E-state index contributed by atoms with van der Waals surface area (Å²) in [6.07, 6.45) is -0.141. The van der Waals surface area contributed by atoms with Crippen LogP contribution in [0.2, 0.25) is 0 Å². The van der Waals surface area contributed by atoms with Gasteiger partial charge >= 0.3 is 0 Å². The minimum Gasteiger partial charge on any atom is -0.396 e. The molecule has 1 unspecified atom stereocenters. The van der Waals surface area contributed by atoms with Crippen LogP contribution in [-0.4, -0.2) is 29.4 Å². The van der Waals surface area contributed by atoms with Crippen molar-refractivity contribution < 1.29 is 14.6 Å². The van der Waals surface area contributed by atoms with Gasteiger partial charge in [0.1, 0.15) is 5.82 Å². The van der Waals surface area contributed by atoms with Gasteiger partial charge in [-0.05, 0) is 33.3 Å². The number of para-hydroxylation sites is 1. The quantitative estimate of drug-likeness (QED) is 0.820. The minimum atomic E-state index is -0.717. The summed E-state index contributed by atoms with van der Waals surface area (Å²) in [7, 11) is 0. The van der Waals surface area contributed by atoms with E-state index in [9.17, 15) is 9.50 Å². The molecule has 4 heteroatoms. The molecular formula is C14H22FNO2. The largest absolute Gasteiger partial charge is 0.396 e. The molecule has 0 aromatic heterocycles. The molecule has 102 valence electrons. The second-order valence-corrected chi connectivity index (χ2v) is 4.72. The van der Waals surface area contributed by atoms with Crippen molar-refractivity contribution in [3.63, 3.8) is 0 Å². The van der Waals surface area contributed by atoms with Crippen LogP contribution in [0.1, 0.15) is 38.9 Å². The third-order valence-electron chi connectivity index (χ3n) is 2.94. The standard InChI is InChI=1S/C14H22FNO2/c1-10(2)16(8-5-9-17)14-12(11(3)18)6-4-7-13(14)15/h4,6-7,10-11,17-18H,5,8-9H2,1-3H3. The summed E-state index contributed by atoms with van der Waals surface area (Å²) in [5.74, 6) is -0.333. The van der Waals surface area contributed by atoms with Gasteiger partial charge in [-0.25, -0.2) is 4.39 Å². The van der Waals surface area contributed by atoms with E-state index in [0.717, 1.165) is 0 Å². The van der Waals surface area contributed by atoms with Crippen molar-refractivity contribution in [2.24, 2.45) is 0 Å². The van der Waals surface area contributed by atoms with Crippen LogP contribution in [0, 0.1) is 5.82 Å². The van der Waals surface area contributed by atoms with E-state index in [1.54, 1.807) is 19.1 Å². The predicted octanol–water partition coefficient (Wildman–Crippen LogP) is 2.48. The van der Waals surface area contributed by atoms with Crippen LogP contribution in [0.4, 0.5) is 10.1 Å². The SMILES string of the molecule is CC(O)c1cccc(F)c1N(CCCO)C(C)C. The van der Waals surface area contributed by atoms with Crippen LogP contribution in [0.3, 0.4) is 0 Å². The van der Waals surface area contributed by atoms with E-state index in [2.05, 4.69) is 0 Å². The third-order valence-corrected chi connectivity index (χ3v) is 2.94. The molecule has 0 aliphatic carbocycles. The monoisotopic (exact) mass is 255 g/mol. The van der Waals surface area contributed by atoms with Crippen molar-refractivity contribution >= 4 is 5.69 Å². The molecular weight excluding hydrogens is 233 g/mol. The zero-order valence-electron chi connectivity index (χ0n) is 11.2. The van der Waals surface area contributed by atoms with Crippen molar-refractivity contribution in [2.75, 3.05) is 18.1 Å². The Morgan fingerprint density at radius 2 is 1.94 bits per heavy atom. The van der Waals surface area contributed by atoms with E-state index >= 15 is 0 Å². The molecule has 0 saturated heterocycles. The maximum atomic E-state index is 14.0. The van der Waals surface area contributed by atoms with Gasteiger partial charge in [-0.15, -0.1) is 0 Å². The first kappa shape index (κ1) is 14.9. The number of nitrogens with zero attached hydrogens (tertiary/aromatic N) is 1. The summed E-state index contributed by atoms with van der Waals surface area (Å²) in [4.78, 5) is 1.88. The normalized spacial score (nSPS) is 12.8. The maximum absolute atomic E-state index is 14.0. The first-order valence-corrected chi connectivity index (χ1v) is 6.33. The van der Waals surface area contributed by atoms with Crippen LogP contribution in [0.25, 0.3) is 0 Å². The molecule has 0 aliphatic heterocycles. The number of hydrogen-bond donors (Lipinski definition) is 2. The van der Waals surface area contributed by atoms with Crippen LogP contribution in [-0.2, 0) is 0 Å². The molecule has 1 aromatic rings. The van der Waals surface area contributed by atoms with Gasteiger partial charge in [-0.2, -0.15) is 0 Å². The molecule has 1 rings (SSSR count). The molecule has 2 N–H and O–H groups in total. The lowest BCUT2D eigenvalue weighted by atomic mass is 10.1. The highest BCUT2D eigenvalue weighted by atomic mass is 19.1. The first-order chi connectivity index (χ1) is 8.49. The first-order valence-electron chi connectivity index (χ1n) is 6.33. The van der Waals surface area contributed by atoms with Gasteiger partial charge in [0.25, 0.3) is 0 Å². The molecule has 0 fully saturated rings. The highest BCUT2D eigenvalue weighted by Crippen LogP contribution is 2.30. The number of benzene rings is 1. The average molecular weight is 255 g/mol. The fourth-order valence-electron chi connectivity index (χ4n) is 2.04. The Labute approximate surface area is 108 Å². The van der Waals surface area contributed by atoms with E-state index < -0.39 is 6.10 Å². The Balaban J connectivity index is 3.17. The van der Waals surface area contributed by atoms with Gasteiger partial charge in [-0.3, -0.25) is 0 Å². The molecule has 0 aliphatic rings. The number of aliphatic hydroxyl groups excluding tert-OH is 2. The molecule has 1 aromatic carbocycles. The summed E-state index contributed by atoms with van der Waals surface area (Å²) < 4.78 is 14.0. The third kappa shape index (κ3) is 3.43. The number of hydrogen-bond acceptors (Lipinski definition) is 3. The lowest BCUT2D eigenvalue weighted by Crippen LogP contribution is -2.34. The van der Waals surface area contributed by atoms with Crippen molar-refractivity contribution in [3.05, 3.63) is 29.6 Å². The number of halogens is 1. The molecule has 0 saturated carbocycles. The van der Waals surface area contributed by atoms with Gasteiger partial charge in [0.05, 0.1) is 11.8 Å².